The van der Waals surface area contributed by atoms with E-state index >= 15 is 0 Å². The van der Waals surface area contributed by atoms with E-state index < -0.39 is 0 Å². The summed E-state index contributed by atoms with van der Waals surface area (Å²) >= 11 is 7.39. The van der Waals surface area contributed by atoms with Crippen LogP contribution in [0.4, 0.5) is 5.69 Å². The molecule has 0 saturated heterocycles. The van der Waals surface area contributed by atoms with Gasteiger partial charge in [-0.1, -0.05) is 29.4 Å². The van der Waals surface area contributed by atoms with Gasteiger partial charge in [0.05, 0.1) is 42.6 Å². The molecule has 0 radical (unpaired) electrons. The fourth-order valence-electron chi connectivity index (χ4n) is 3.23. The first-order valence-electron chi connectivity index (χ1n) is 9.78. The van der Waals surface area contributed by atoms with Crippen LogP contribution >= 0.6 is 23.4 Å². The number of benzene rings is 2. The van der Waals surface area contributed by atoms with E-state index in [2.05, 4.69) is 20.5 Å². The number of fused-ring (bicyclic) bond motifs is 1. The minimum atomic E-state index is -0.335. The van der Waals surface area contributed by atoms with Gasteiger partial charge in [0.25, 0.3) is 5.56 Å². The van der Waals surface area contributed by atoms with Crippen molar-refractivity contribution in [2.24, 2.45) is 0 Å². The van der Waals surface area contributed by atoms with Crippen molar-refractivity contribution in [2.75, 3.05) is 25.3 Å². The molecule has 4 aromatic rings. The first-order valence-corrected chi connectivity index (χ1v) is 11.1. The van der Waals surface area contributed by atoms with Crippen LogP contribution in [0.2, 0.25) is 5.02 Å². The molecule has 9 nitrogen and oxygen atoms in total. The van der Waals surface area contributed by atoms with Crippen molar-refractivity contribution >= 4 is 46.0 Å². The smallest absolute Gasteiger partial charge is 0.269 e. The Labute approximate surface area is 198 Å². The zero-order chi connectivity index (χ0) is 23.5. The number of aromatic amines is 1. The molecule has 33 heavy (non-hydrogen) atoms. The Morgan fingerprint density at radius 2 is 1.94 bits per heavy atom. The van der Waals surface area contributed by atoms with Crippen molar-refractivity contribution < 1.29 is 14.3 Å². The summed E-state index contributed by atoms with van der Waals surface area (Å²) in [5.41, 5.74) is 2.04. The fraction of sp³-hybridized carbons (Fsp3) is 0.182. The summed E-state index contributed by atoms with van der Waals surface area (Å²) in [5.74, 6) is 0.766. The first-order chi connectivity index (χ1) is 15.9. The number of amides is 1. The van der Waals surface area contributed by atoms with Crippen LogP contribution in [0.25, 0.3) is 16.7 Å². The Morgan fingerprint density at radius 3 is 2.67 bits per heavy atom. The van der Waals surface area contributed by atoms with Gasteiger partial charge in [-0.3, -0.25) is 19.3 Å². The van der Waals surface area contributed by atoms with Crippen molar-refractivity contribution in [1.29, 1.82) is 0 Å². The van der Waals surface area contributed by atoms with Crippen molar-refractivity contribution in [1.82, 2.24) is 19.7 Å². The lowest BCUT2D eigenvalue weighted by Gasteiger charge is -2.14. The number of methoxy groups -OCH3 is 2. The van der Waals surface area contributed by atoms with E-state index in [1.54, 1.807) is 24.3 Å². The van der Waals surface area contributed by atoms with E-state index in [1.165, 1.54) is 25.0 Å². The van der Waals surface area contributed by atoms with Crippen molar-refractivity contribution in [3.8, 4) is 17.2 Å². The van der Waals surface area contributed by atoms with Gasteiger partial charge in [-0.05, 0) is 42.8 Å². The Balaban J connectivity index is 1.66. The van der Waals surface area contributed by atoms with Crippen LogP contribution in [-0.2, 0) is 4.79 Å². The molecule has 2 aromatic carbocycles. The maximum Gasteiger partial charge on any atom is 0.269 e. The van der Waals surface area contributed by atoms with Gasteiger partial charge in [0.2, 0.25) is 5.91 Å². The highest BCUT2D eigenvalue weighted by Gasteiger charge is 2.17. The quantitative estimate of drug-likeness (QED) is 0.302. The second-order valence-electron chi connectivity index (χ2n) is 7.03. The number of hydrogen-bond donors (Lipinski definition) is 2. The normalized spacial score (nSPS) is 10.9. The molecule has 170 valence electrons. The molecular formula is C22H20ClN5O4S. The topological polar surface area (TPSA) is 111 Å². The van der Waals surface area contributed by atoms with Gasteiger partial charge in [0.15, 0.2) is 10.8 Å². The number of anilines is 1. The van der Waals surface area contributed by atoms with Crippen LogP contribution < -0.4 is 20.3 Å². The number of halogens is 1. The molecule has 0 unspecified atom stereocenters. The van der Waals surface area contributed by atoms with E-state index in [0.717, 1.165) is 17.3 Å². The summed E-state index contributed by atoms with van der Waals surface area (Å²) in [6, 6.07) is 10.5. The number of aryl methyl sites for hydroxylation is 1. The zero-order valence-corrected chi connectivity index (χ0v) is 19.6. The molecule has 2 N–H and O–H groups in total. The van der Waals surface area contributed by atoms with E-state index in [4.69, 9.17) is 21.1 Å². The Morgan fingerprint density at radius 1 is 1.18 bits per heavy atom. The number of hydrogen-bond acceptors (Lipinski definition) is 7. The second-order valence-corrected chi connectivity index (χ2v) is 8.38. The highest BCUT2D eigenvalue weighted by Crippen LogP contribution is 2.29. The number of nitrogens with one attached hydrogen (secondary N) is 2. The molecule has 0 atom stereocenters. The molecule has 0 saturated carbocycles. The number of rotatable bonds is 7. The molecule has 2 heterocycles. The summed E-state index contributed by atoms with van der Waals surface area (Å²) in [6.45, 7) is 1.92. The zero-order valence-electron chi connectivity index (χ0n) is 18.0. The molecular weight excluding hydrogens is 466 g/mol. The molecule has 0 bridgehead atoms. The van der Waals surface area contributed by atoms with E-state index in [1.807, 2.05) is 19.1 Å². The molecule has 2 aromatic heterocycles. The predicted molar refractivity (Wildman–Crippen MR) is 128 cm³/mol. The lowest BCUT2D eigenvalue weighted by Crippen LogP contribution is -2.22. The molecule has 11 heteroatoms. The van der Waals surface area contributed by atoms with Gasteiger partial charge in [-0.2, -0.15) is 5.10 Å². The average molecular weight is 486 g/mol. The summed E-state index contributed by atoms with van der Waals surface area (Å²) < 4.78 is 11.9. The average Bonchev–Trinajstić information content (AvgIpc) is 3.27. The molecule has 0 spiro atoms. The van der Waals surface area contributed by atoms with Crippen molar-refractivity contribution in [3.05, 3.63) is 63.5 Å². The molecule has 0 fully saturated rings. The fourth-order valence-corrected chi connectivity index (χ4v) is 4.29. The van der Waals surface area contributed by atoms with Gasteiger partial charge >= 0.3 is 0 Å². The summed E-state index contributed by atoms with van der Waals surface area (Å²) in [6.07, 6.45) is 1.41. The third-order valence-electron chi connectivity index (χ3n) is 4.81. The monoisotopic (exact) mass is 485 g/mol. The largest absolute Gasteiger partial charge is 0.495 e. The van der Waals surface area contributed by atoms with Gasteiger partial charge in [-0.15, -0.1) is 0 Å². The van der Waals surface area contributed by atoms with Crippen LogP contribution in [0, 0.1) is 6.92 Å². The first kappa shape index (κ1) is 22.7. The Kier molecular flexibility index (Phi) is 6.57. The summed E-state index contributed by atoms with van der Waals surface area (Å²) in [4.78, 5) is 30.4. The van der Waals surface area contributed by atoms with Crippen molar-refractivity contribution in [2.45, 2.75) is 12.1 Å². The summed E-state index contributed by atoms with van der Waals surface area (Å²) in [5, 5.41) is 10.4. The number of carbonyl (C=O) groups excluding carboxylic acids is 1. The van der Waals surface area contributed by atoms with Crippen LogP contribution in [0.1, 0.15) is 5.56 Å². The van der Waals surface area contributed by atoms with E-state index in [0.29, 0.717) is 44.1 Å². The molecule has 1 amide bonds. The number of H-pyrrole nitrogens is 1. The van der Waals surface area contributed by atoms with Crippen molar-refractivity contribution in [3.63, 3.8) is 0 Å². The molecule has 0 aliphatic rings. The molecule has 0 aliphatic heterocycles. The standard InChI is InChI=1S/C22H20ClN5O4S/c1-12-4-6-18(32-3)16(8-12)25-19(29)11-33-22-26-20-14(10-24-27-20)21(30)28(22)13-5-7-17(31-2)15(23)9-13/h4-10H,11H2,1-3H3,(H,24,27)(H,25,29). The van der Waals surface area contributed by atoms with Crippen LogP contribution in [0.3, 0.4) is 0 Å². The number of thioether (sulfide) groups is 1. The minimum Gasteiger partial charge on any atom is -0.495 e. The lowest BCUT2D eigenvalue weighted by molar-refractivity contribution is -0.113. The predicted octanol–water partition coefficient (Wildman–Crippen LogP) is 3.82. The lowest BCUT2D eigenvalue weighted by atomic mass is 10.2. The highest BCUT2D eigenvalue weighted by atomic mass is 35.5. The minimum absolute atomic E-state index is 0.00701. The van der Waals surface area contributed by atoms with Gasteiger partial charge in [0.1, 0.15) is 16.9 Å². The van der Waals surface area contributed by atoms with Crippen LogP contribution in [-0.4, -0.2) is 45.6 Å². The van der Waals surface area contributed by atoms with Gasteiger partial charge < -0.3 is 14.8 Å². The van der Waals surface area contributed by atoms with Gasteiger partial charge in [-0.25, -0.2) is 4.98 Å². The number of ether oxygens (including phenoxy) is 2. The highest BCUT2D eigenvalue weighted by molar-refractivity contribution is 7.99. The third kappa shape index (κ3) is 4.67. The van der Waals surface area contributed by atoms with E-state index in [-0.39, 0.29) is 17.2 Å². The van der Waals surface area contributed by atoms with Crippen LogP contribution in [0.15, 0.2) is 52.5 Å². The molecule has 4 rings (SSSR count). The maximum atomic E-state index is 13.2. The maximum absolute atomic E-state index is 13.2. The Bertz CT molecular complexity index is 1400. The molecule has 0 aliphatic carbocycles. The van der Waals surface area contributed by atoms with Crippen LogP contribution in [0.5, 0.6) is 11.5 Å². The number of nitrogens with zero attached hydrogens (tertiary/aromatic N) is 3. The number of carbonyl (C=O) groups is 1. The second kappa shape index (κ2) is 9.55. The Hall–Kier alpha value is -3.50. The van der Waals surface area contributed by atoms with Gasteiger partial charge in [0, 0.05) is 0 Å². The number of aromatic nitrogens is 4. The SMILES string of the molecule is COc1ccc(-n2c(SCC(=O)Nc3cc(C)ccc3OC)nc3[nH]ncc3c2=O)cc1Cl. The third-order valence-corrected chi connectivity index (χ3v) is 6.04. The van der Waals surface area contributed by atoms with E-state index in [9.17, 15) is 9.59 Å². The summed E-state index contributed by atoms with van der Waals surface area (Å²) in [7, 11) is 3.05.